The molecule has 2 aromatic carbocycles. The number of carbonyl (C=O) groups is 1. The molecule has 0 saturated carbocycles. The first-order valence-corrected chi connectivity index (χ1v) is 11.0. The van der Waals surface area contributed by atoms with E-state index in [1.807, 2.05) is 49.4 Å². The second-order valence-corrected chi connectivity index (χ2v) is 8.97. The zero-order valence-corrected chi connectivity index (χ0v) is 19.3. The molecule has 6 nitrogen and oxygen atoms in total. The zero-order valence-electron chi connectivity index (χ0n) is 16.9. The van der Waals surface area contributed by atoms with Crippen molar-refractivity contribution in [3.63, 3.8) is 0 Å². The van der Waals surface area contributed by atoms with Gasteiger partial charge in [0, 0.05) is 22.6 Å². The Balaban J connectivity index is 1.68. The van der Waals surface area contributed by atoms with E-state index in [1.165, 1.54) is 22.5 Å². The van der Waals surface area contributed by atoms with Crippen LogP contribution in [0.4, 0.5) is 0 Å². The molecule has 8 heteroatoms. The van der Waals surface area contributed by atoms with Gasteiger partial charge in [-0.1, -0.05) is 45.4 Å². The lowest BCUT2D eigenvalue weighted by atomic mass is 10.2. The topological polar surface area (TPSA) is 73.2 Å². The Kier molecular flexibility index (Phi) is 7.33. The van der Waals surface area contributed by atoms with Gasteiger partial charge in [0.05, 0.1) is 18.0 Å². The van der Waals surface area contributed by atoms with Gasteiger partial charge in [-0.2, -0.15) is 9.78 Å². The fourth-order valence-electron chi connectivity index (χ4n) is 2.77. The highest BCUT2D eigenvalue weighted by molar-refractivity contribution is 9.10. The quantitative estimate of drug-likeness (QED) is 0.507. The number of carbonyl (C=O) groups excluding carboxylic acids is 1. The minimum Gasteiger partial charge on any atom is -0.496 e. The van der Waals surface area contributed by atoms with Gasteiger partial charge in [-0.3, -0.25) is 9.59 Å². The molecule has 0 spiro atoms. The summed E-state index contributed by atoms with van der Waals surface area (Å²) in [6.07, 6.45) is 0. The summed E-state index contributed by atoms with van der Waals surface area (Å²) >= 11 is 4.73. The average Bonchev–Trinajstić information content (AvgIpc) is 2.74. The maximum atomic E-state index is 12.6. The first-order chi connectivity index (χ1) is 14.4. The van der Waals surface area contributed by atoms with Gasteiger partial charge >= 0.3 is 0 Å². The van der Waals surface area contributed by atoms with Gasteiger partial charge in [0.15, 0.2) is 0 Å². The Labute approximate surface area is 187 Å². The standard InChI is InChI=1S/C22H22BrN3O3S/c1-14-4-7-18(8-5-14)26-21(27)11-10-20(25-26)30-15(2)22(28)24-13-16-12-17(23)6-9-19(16)29-3/h4-12,15H,13H2,1-3H3,(H,24,28)/t15-/m0/s1. The van der Waals surface area contributed by atoms with Gasteiger partial charge in [-0.15, -0.1) is 0 Å². The van der Waals surface area contributed by atoms with Crippen LogP contribution in [0.3, 0.4) is 0 Å². The molecule has 0 saturated heterocycles. The molecule has 156 valence electrons. The van der Waals surface area contributed by atoms with Crippen molar-refractivity contribution in [3.05, 3.63) is 80.6 Å². The van der Waals surface area contributed by atoms with Crippen LogP contribution in [0.2, 0.25) is 0 Å². The van der Waals surface area contributed by atoms with E-state index in [4.69, 9.17) is 4.74 Å². The molecule has 1 heterocycles. The van der Waals surface area contributed by atoms with Gasteiger partial charge in [-0.25, -0.2) is 0 Å². The highest BCUT2D eigenvalue weighted by Gasteiger charge is 2.17. The van der Waals surface area contributed by atoms with E-state index in [1.54, 1.807) is 20.1 Å². The number of benzene rings is 2. The second-order valence-electron chi connectivity index (χ2n) is 6.69. The maximum absolute atomic E-state index is 12.6. The van der Waals surface area contributed by atoms with E-state index >= 15 is 0 Å². The summed E-state index contributed by atoms with van der Waals surface area (Å²) in [6.45, 7) is 4.14. The van der Waals surface area contributed by atoms with Crippen molar-refractivity contribution in [3.8, 4) is 11.4 Å². The largest absolute Gasteiger partial charge is 0.496 e. The number of aromatic nitrogens is 2. The number of thioether (sulfide) groups is 1. The molecule has 0 aliphatic rings. The van der Waals surface area contributed by atoms with Crippen LogP contribution in [0.25, 0.3) is 5.69 Å². The molecule has 0 fully saturated rings. The number of rotatable bonds is 7. The number of hydrogen-bond donors (Lipinski definition) is 1. The molecule has 0 aliphatic heterocycles. The molecule has 0 bridgehead atoms. The van der Waals surface area contributed by atoms with Gasteiger partial charge in [-0.05, 0) is 50.2 Å². The van der Waals surface area contributed by atoms with Crippen molar-refractivity contribution in [2.75, 3.05) is 7.11 Å². The molecule has 3 rings (SSSR count). The number of hydrogen-bond acceptors (Lipinski definition) is 5. The van der Waals surface area contributed by atoms with E-state index in [9.17, 15) is 9.59 Å². The number of aryl methyl sites for hydroxylation is 1. The van der Waals surface area contributed by atoms with Crippen LogP contribution < -0.4 is 15.6 Å². The molecule has 1 atom stereocenters. The number of methoxy groups -OCH3 is 1. The van der Waals surface area contributed by atoms with Gasteiger partial charge in [0.2, 0.25) is 5.91 Å². The third-order valence-corrected chi connectivity index (χ3v) is 5.94. The number of halogens is 1. The van der Waals surface area contributed by atoms with Crippen LogP contribution in [0.1, 0.15) is 18.1 Å². The third-order valence-electron chi connectivity index (χ3n) is 4.42. The number of nitrogens with one attached hydrogen (secondary N) is 1. The summed E-state index contributed by atoms with van der Waals surface area (Å²) in [7, 11) is 1.60. The molecule has 3 aromatic rings. The Morgan fingerprint density at radius 3 is 2.63 bits per heavy atom. The Morgan fingerprint density at radius 1 is 1.20 bits per heavy atom. The predicted octanol–water partition coefficient (Wildman–Crippen LogP) is 4.11. The number of ether oxygens (including phenoxy) is 1. The Hall–Kier alpha value is -2.58. The van der Waals surface area contributed by atoms with Crippen LogP contribution in [0.15, 0.2) is 68.9 Å². The fraction of sp³-hybridized carbons (Fsp3) is 0.227. The predicted molar refractivity (Wildman–Crippen MR) is 122 cm³/mol. The summed E-state index contributed by atoms with van der Waals surface area (Å²) in [5.74, 6) is 0.586. The monoisotopic (exact) mass is 487 g/mol. The lowest BCUT2D eigenvalue weighted by Gasteiger charge is -2.14. The van der Waals surface area contributed by atoms with Crippen LogP contribution in [-0.2, 0) is 11.3 Å². The fourth-order valence-corrected chi connectivity index (χ4v) is 4.01. The minimum absolute atomic E-state index is 0.128. The molecule has 0 unspecified atom stereocenters. The van der Waals surface area contributed by atoms with Gasteiger partial charge < -0.3 is 10.1 Å². The molecular weight excluding hydrogens is 466 g/mol. The first kappa shape index (κ1) is 22.1. The zero-order chi connectivity index (χ0) is 21.7. The third kappa shape index (κ3) is 5.52. The summed E-state index contributed by atoms with van der Waals surface area (Å²) in [4.78, 5) is 24.8. The Morgan fingerprint density at radius 2 is 1.93 bits per heavy atom. The number of nitrogens with zero attached hydrogens (tertiary/aromatic N) is 2. The summed E-state index contributed by atoms with van der Waals surface area (Å²) in [6, 6.07) is 16.3. The van der Waals surface area contributed by atoms with Crippen molar-refractivity contribution in [1.29, 1.82) is 0 Å². The van der Waals surface area contributed by atoms with Crippen LogP contribution in [0.5, 0.6) is 5.75 Å². The highest BCUT2D eigenvalue weighted by Crippen LogP contribution is 2.24. The molecule has 1 N–H and O–H groups in total. The Bertz CT molecular complexity index is 1100. The average molecular weight is 488 g/mol. The van der Waals surface area contributed by atoms with E-state index in [-0.39, 0.29) is 16.7 Å². The molecule has 0 aliphatic carbocycles. The SMILES string of the molecule is COc1ccc(Br)cc1CNC(=O)[C@H](C)Sc1ccc(=O)n(-c2ccc(C)cc2)n1. The summed E-state index contributed by atoms with van der Waals surface area (Å²) < 4.78 is 7.60. The smallest absolute Gasteiger partial charge is 0.271 e. The first-order valence-electron chi connectivity index (χ1n) is 9.31. The van der Waals surface area contributed by atoms with Crippen LogP contribution >= 0.6 is 27.7 Å². The van der Waals surface area contributed by atoms with Gasteiger partial charge in [0.25, 0.3) is 5.56 Å². The normalized spacial score (nSPS) is 11.7. The lowest BCUT2D eigenvalue weighted by molar-refractivity contribution is -0.120. The van der Waals surface area contributed by atoms with E-state index < -0.39 is 0 Å². The minimum atomic E-state index is -0.389. The number of amides is 1. The van der Waals surface area contributed by atoms with Crippen molar-refractivity contribution in [2.45, 2.75) is 30.7 Å². The molecular formula is C22H22BrN3O3S. The van der Waals surface area contributed by atoms with E-state index in [2.05, 4.69) is 26.3 Å². The molecule has 1 amide bonds. The van der Waals surface area contributed by atoms with Crippen LogP contribution in [0, 0.1) is 6.92 Å². The second kappa shape index (κ2) is 9.95. The van der Waals surface area contributed by atoms with Gasteiger partial charge in [0.1, 0.15) is 10.8 Å². The van der Waals surface area contributed by atoms with Crippen molar-refractivity contribution >= 4 is 33.6 Å². The summed E-state index contributed by atoms with van der Waals surface area (Å²) in [5, 5.41) is 7.55. The van der Waals surface area contributed by atoms with Crippen molar-refractivity contribution < 1.29 is 9.53 Å². The van der Waals surface area contributed by atoms with Crippen molar-refractivity contribution in [1.82, 2.24) is 15.1 Å². The maximum Gasteiger partial charge on any atom is 0.271 e. The highest BCUT2D eigenvalue weighted by atomic mass is 79.9. The molecule has 30 heavy (non-hydrogen) atoms. The van der Waals surface area contributed by atoms with E-state index in [0.717, 1.165) is 15.6 Å². The summed E-state index contributed by atoms with van der Waals surface area (Å²) in [5.41, 5.74) is 2.45. The van der Waals surface area contributed by atoms with Crippen molar-refractivity contribution in [2.24, 2.45) is 0 Å². The van der Waals surface area contributed by atoms with Crippen LogP contribution in [-0.4, -0.2) is 28.0 Å². The lowest BCUT2D eigenvalue weighted by Crippen LogP contribution is -2.31. The molecule has 1 aromatic heterocycles. The molecule has 0 radical (unpaired) electrons. The van der Waals surface area contributed by atoms with E-state index in [0.29, 0.717) is 23.0 Å².